The molecular weight excluding hydrogens is 1710 g/mol. The molecule has 32 atom stereocenters. The largest absolute Gasteiger partial charge is 0.485 e. The normalized spacial score (nSPS) is 40.9. The maximum Gasteiger partial charge on any atom is 0.247 e. The van der Waals surface area contributed by atoms with Crippen molar-refractivity contribution in [2.45, 2.75) is 345 Å². The number of carbonyl (C=O) groups excluding carboxylic acids is 8. The lowest BCUT2D eigenvalue weighted by Gasteiger charge is -2.55. The van der Waals surface area contributed by atoms with E-state index in [0.717, 1.165) is 70.6 Å². The van der Waals surface area contributed by atoms with Gasteiger partial charge < -0.3 is 129 Å². The summed E-state index contributed by atoms with van der Waals surface area (Å²) < 4.78 is 63.2. The number of nitrogens with two attached hydrogens (primary N) is 2. The Hall–Kier alpha value is -5.69. The van der Waals surface area contributed by atoms with E-state index >= 15 is 28.8 Å². The number of ether oxygens (including phenoxy) is 5. The fourth-order valence-corrected chi connectivity index (χ4v) is 25.4. The third kappa shape index (κ3) is 23.4. The molecule has 23 N–H and O–H groups in total. The van der Waals surface area contributed by atoms with Crippen LogP contribution < -0.4 is 78.3 Å². The summed E-state index contributed by atoms with van der Waals surface area (Å²) in [6.07, 6.45) is -10.8. The van der Waals surface area contributed by atoms with Gasteiger partial charge in [0.05, 0.1) is 77.8 Å². The minimum atomic E-state index is -3.69. The van der Waals surface area contributed by atoms with Crippen LogP contribution in [0.25, 0.3) is 0 Å². The van der Waals surface area contributed by atoms with Crippen molar-refractivity contribution in [3.8, 4) is 17.2 Å². The summed E-state index contributed by atoms with van der Waals surface area (Å²) in [5, 5.41) is 134. The van der Waals surface area contributed by atoms with Crippen LogP contribution >= 0.6 is 23.2 Å². The minimum Gasteiger partial charge on any atom is -0.485 e. The van der Waals surface area contributed by atoms with Gasteiger partial charge >= 0.3 is 0 Å². The number of benzene rings is 1. The van der Waals surface area contributed by atoms with Crippen LogP contribution in [0.1, 0.15) is 206 Å². The highest BCUT2D eigenvalue weighted by Crippen LogP contribution is 2.55. The highest BCUT2D eigenvalue weighted by molar-refractivity contribution is 7.89. The fourth-order valence-electron chi connectivity index (χ4n) is 23.5. The van der Waals surface area contributed by atoms with Crippen molar-refractivity contribution >= 4 is 80.5 Å². The van der Waals surface area contributed by atoms with Gasteiger partial charge in [-0.1, -0.05) is 59.3 Å². The molecule has 127 heavy (non-hydrogen) atoms. The number of aliphatic hydroxyl groups is 9. The number of nitrogens with one attached hydrogen (secondary N) is 10. The number of carbonyl (C=O) groups is 8. The Morgan fingerprint density at radius 1 is 0.630 bits per heavy atom. The van der Waals surface area contributed by atoms with Gasteiger partial charge in [-0.2, -0.15) is 0 Å². The lowest BCUT2D eigenvalue weighted by Crippen LogP contribution is -2.68. The van der Waals surface area contributed by atoms with Crippen molar-refractivity contribution in [1.29, 1.82) is 0 Å². The standard InChI is InChI=1S/C88H140Cl2N12O24S/c1-6-7-8-9-10-11-12-21-127(120,121)95-20-19-94-37-52-59(105)34-51-67(78(52)111)50-28-43(13-16-58(50)104)69-84(115)102-73(88(119)100-71(51)86(117)97-68-46-24-41-23-42(26-46)27-47(68)25-41)76(109)45-15-18-61(54(90)30-45)124-63-32-48-31-62(80(63)125-64-33-49(38-103)77(110)79(112)81(64)126-66-35-55(91)74(107)40(4)122-66)123-60-17-14-44(29-53(60)89)75(108)72(101-82(113)56(93-5)22-39(2)3)87(118)96-57(36-65(92)106)83(114)98-70(48)85(116)99-69/h31-32,39-47,49-61,64,66-79,81,93-95,103-105,107-112H,6-30,33-38,91H2,1-5H3,(H2,92,106)(H,96,118)(H,97,117)(H,98,114)(H,99,116)(H,100,119)(H,101,113)(H,102,115)/t40-,41?,42?,43-,44-,45-,46?,47?,49+,50?,51?,52?,53+,54-,55-,56+,57-,58+,59-,60+,61+,64+,66-,67?,68?,69+,70+,71-,72+,73-,74+,75+,76+,77+,78?,79-,81-/m0/s1. The number of sulfonamides is 1. The molecule has 5 unspecified atom stereocenters. The number of aliphatic hydroxyl groups excluding tert-OH is 9. The van der Waals surface area contributed by atoms with Crippen LogP contribution in [0.4, 0.5) is 0 Å². The van der Waals surface area contributed by atoms with Crippen molar-refractivity contribution in [3.05, 3.63) is 17.7 Å². The second kappa shape index (κ2) is 43.5. The summed E-state index contributed by atoms with van der Waals surface area (Å²) in [4.78, 5) is 124. The zero-order valence-corrected chi connectivity index (χ0v) is 75.8. The summed E-state index contributed by atoms with van der Waals surface area (Å²) in [5.41, 5.74) is 12.1. The molecule has 1 aromatic rings. The van der Waals surface area contributed by atoms with Gasteiger partial charge in [-0.25, -0.2) is 13.1 Å². The van der Waals surface area contributed by atoms with Crippen LogP contribution in [0.3, 0.4) is 0 Å². The Balaban J connectivity index is 0.925. The molecular formula is C88H140Cl2N12O24S. The van der Waals surface area contributed by atoms with Gasteiger partial charge in [-0.05, 0) is 212 Å². The van der Waals surface area contributed by atoms with E-state index in [1.807, 2.05) is 13.8 Å². The molecule has 15 bridgehead atoms. The number of amides is 8. The number of halogens is 2. The van der Waals surface area contributed by atoms with Gasteiger partial charge in [0.1, 0.15) is 66.8 Å². The van der Waals surface area contributed by atoms with E-state index < -0.39 is 262 Å². The number of primary amides is 1. The van der Waals surface area contributed by atoms with Crippen LogP contribution in [0.2, 0.25) is 0 Å². The predicted molar refractivity (Wildman–Crippen MR) is 463 cm³/mol. The number of alkyl halides is 2. The Bertz CT molecular complexity index is 4040. The summed E-state index contributed by atoms with van der Waals surface area (Å²) in [6.45, 7) is 6.66. The molecule has 36 nitrogen and oxygen atoms in total. The molecule has 11 fully saturated rings. The van der Waals surface area contributed by atoms with Gasteiger partial charge in [0, 0.05) is 56.6 Å². The number of hydrogen-bond acceptors (Lipinski definition) is 27. The smallest absolute Gasteiger partial charge is 0.247 e. The first kappa shape index (κ1) is 98.8. The van der Waals surface area contributed by atoms with Crippen molar-refractivity contribution in [1.82, 2.24) is 52.6 Å². The van der Waals surface area contributed by atoms with E-state index in [9.17, 15) is 64.0 Å². The molecule has 2 saturated heterocycles. The highest BCUT2D eigenvalue weighted by Gasteiger charge is 2.58. The number of unbranched alkanes of at least 4 members (excludes halogenated alkanes) is 6. The topological polar surface area (TPSA) is 571 Å². The molecule has 6 heterocycles. The van der Waals surface area contributed by atoms with Gasteiger partial charge in [-0.15, -0.1) is 23.2 Å². The van der Waals surface area contributed by atoms with E-state index in [1.165, 1.54) is 19.2 Å². The lowest BCUT2D eigenvalue weighted by atomic mass is 9.54. The zero-order chi connectivity index (χ0) is 91.3. The van der Waals surface area contributed by atoms with Crippen LogP contribution in [-0.4, -0.2) is 285 Å². The Morgan fingerprint density at radius 2 is 1.25 bits per heavy atom. The molecule has 9 aliphatic carbocycles. The van der Waals surface area contributed by atoms with Crippen molar-refractivity contribution in [2.75, 3.05) is 39.0 Å². The molecule has 39 heteroatoms. The first-order chi connectivity index (χ1) is 60.5. The SMILES string of the molecule is CCCCCCCCCS(=O)(=O)NCCNCC1C(O)C2C3C[C@H](CC[C@H]3O)[C@H]3NC(=O)[C@@H]4NC(=O)[C@H](CC(N)=O)NC(=O)[C@H](NC(=O)[C@@H](CC(C)C)NC)[C@H](O)[C@H]5CC[C@@H](Oc6cc4cc(c6O[C@@H]4C[C@H](CO)[C@@H](O)[C@H](O)[C@H]4O[C@H]4C[C@H](N)[C@H](O)[C@H](C)O4)O[C@@H]4CC[C@@H](C[C@@H]4Cl)[C@@H](O)[C@H](NC3=O)C(=O)N[C@H](C(=O)NC3C4CC6CC(C4)CC3C6)C2C[C@@H]1O)[C@H](Cl)C5. The summed E-state index contributed by atoms with van der Waals surface area (Å²) in [7, 11) is -2.15. The van der Waals surface area contributed by atoms with E-state index in [2.05, 4.69) is 59.5 Å². The van der Waals surface area contributed by atoms with Crippen molar-refractivity contribution in [3.63, 3.8) is 0 Å². The Kier molecular flexibility index (Phi) is 33.9. The molecule has 0 radical (unpaired) electrons. The highest BCUT2D eigenvalue weighted by atomic mass is 35.5. The second-order valence-corrected chi connectivity index (χ2v) is 42.5. The predicted octanol–water partition coefficient (Wildman–Crippen LogP) is -0.509. The van der Waals surface area contributed by atoms with E-state index in [4.69, 9.17) is 58.4 Å². The number of hydrogen-bond donors (Lipinski definition) is 21. The average molecular weight is 1850 g/mol. The minimum absolute atomic E-state index is 0.000965. The molecule has 6 aliphatic heterocycles. The van der Waals surface area contributed by atoms with Gasteiger partial charge in [0.15, 0.2) is 17.8 Å². The quantitative estimate of drug-likeness (QED) is 0.0371. The molecule has 0 spiro atoms. The third-order valence-corrected chi connectivity index (χ3v) is 32.6. The van der Waals surface area contributed by atoms with Crippen LogP contribution in [-0.2, 0) is 57.9 Å². The maximum absolute atomic E-state index is 16.7. The van der Waals surface area contributed by atoms with Crippen molar-refractivity contribution in [2.24, 2.45) is 88.4 Å². The lowest BCUT2D eigenvalue weighted by molar-refractivity contribution is -0.278. The van der Waals surface area contributed by atoms with Crippen LogP contribution in [0.5, 0.6) is 17.2 Å². The second-order valence-electron chi connectivity index (χ2n) is 39.5. The molecule has 15 aliphatic rings. The number of fused-ring (bicyclic) bond motifs is 15. The van der Waals surface area contributed by atoms with Crippen LogP contribution in [0, 0.1) is 76.9 Å². The summed E-state index contributed by atoms with van der Waals surface area (Å²) >= 11 is 15.1. The monoisotopic (exact) mass is 1850 g/mol. The molecule has 16 rings (SSSR count). The number of likely N-dealkylation sites (N-methyl/N-ethyl adjacent to an activating group) is 1. The first-order valence-corrected chi connectivity index (χ1v) is 49.4. The maximum atomic E-state index is 16.7. The first-order valence-electron chi connectivity index (χ1n) is 46.8. The van der Waals surface area contributed by atoms with E-state index in [0.29, 0.717) is 18.3 Å². The molecule has 1 aromatic carbocycles. The fraction of sp³-hybridized carbons (Fsp3) is 0.841. The Labute approximate surface area is 753 Å². The summed E-state index contributed by atoms with van der Waals surface area (Å²) in [6, 6.07) is -11.0. The van der Waals surface area contributed by atoms with Gasteiger partial charge in [0.25, 0.3) is 0 Å². The van der Waals surface area contributed by atoms with Gasteiger partial charge in [-0.3, -0.25) is 38.4 Å². The Morgan fingerprint density at radius 3 is 1.87 bits per heavy atom. The molecule has 716 valence electrons. The average Bonchev–Trinajstić information content (AvgIpc) is 0.752. The van der Waals surface area contributed by atoms with E-state index in [-0.39, 0.29) is 155 Å². The molecule has 0 aromatic heterocycles. The van der Waals surface area contributed by atoms with Crippen LogP contribution in [0.15, 0.2) is 12.1 Å². The van der Waals surface area contributed by atoms with E-state index in [1.54, 1.807) is 6.92 Å². The third-order valence-electron chi connectivity index (χ3n) is 30.2. The van der Waals surface area contributed by atoms with Gasteiger partial charge in [0.2, 0.25) is 63.0 Å². The van der Waals surface area contributed by atoms with Crippen molar-refractivity contribution < 1.29 is 116 Å². The summed E-state index contributed by atoms with van der Waals surface area (Å²) in [5.74, 6) is -16.8. The molecule has 9 saturated carbocycles. The zero-order valence-electron chi connectivity index (χ0n) is 73.5. The molecule has 8 amide bonds. The number of rotatable bonds is 28.